The smallest absolute Gasteiger partial charge is 0.314 e. The molecule has 0 unspecified atom stereocenters. The second-order valence-electron chi connectivity index (χ2n) is 3.66. The van der Waals surface area contributed by atoms with Gasteiger partial charge >= 0.3 is 11.8 Å². The van der Waals surface area contributed by atoms with Crippen molar-refractivity contribution in [3.8, 4) is 0 Å². The number of halogens is 1. The Hall–Kier alpha value is -2.21. The van der Waals surface area contributed by atoms with Gasteiger partial charge in [-0.15, -0.1) is 0 Å². The first kappa shape index (κ1) is 13.2. The van der Waals surface area contributed by atoms with Crippen LogP contribution in [0.1, 0.15) is 0 Å². The normalized spacial score (nSPS) is 9.74. The van der Waals surface area contributed by atoms with Gasteiger partial charge in [0.25, 0.3) is 0 Å². The number of carbonyl (C=O) groups excluding carboxylic acids is 2. The van der Waals surface area contributed by atoms with Crippen LogP contribution in [0.3, 0.4) is 0 Å². The highest BCUT2D eigenvalue weighted by molar-refractivity contribution is 9.10. The van der Waals surface area contributed by atoms with Gasteiger partial charge in [0.05, 0.1) is 11.9 Å². The number of pyridine rings is 1. The van der Waals surface area contributed by atoms with E-state index in [4.69, 9.17) is 0 Å². The average molecular weight is 320 g/mol. The lowest BCUT2D eigenvalue weighted by Gasteiger charge is -2.06. The molecule has 1 aromatic carbocycles. The number of aromatic nitrogens is 1. The molecule has 0 aliphatic heterocycles. The lowest BCUT2D eigenvalue weighted by molar-refractivity contribution is -0.133. The van der Waals surface area contributed by atoms with E-state index in [1.165, 1.54) is 6.20 Å². The fourth-order valence-corrected chi connectivity index (χ4v) is 1.61. The van der Waals surface area contributed by atoms with Gasteiger partial charge < -0.3 is 10.6 Å². The minimum absolute atomic E-state index is 0.471. The third-order valence-corrected chi connectivity index (χ3v) is 2.76. The Bertz CT molecular complexity index is 585. The fourth-order valence-electron chi connectivity index (χ4n) is 1.35. The molecule has 19 heavy (non-hydrogen) atoms. The Morgan fingerprint density at radius 3 is 2.16 bits per heavy atom. The van der Waals surface area contributed by atoms with E-state index in [9.17, 15) is 9.59 Å². The molecule has 0 bridgehead atoms. The Balaban J connectivity index is 1.96. The first-order chi connectivity index (χ1) is 9.15. The van der Waals surface area contributed by atoms with Crippen LogP contribution < -0.4 is 10.6 Å². The number of hydrogen-bond donors (Lipinski definition) is 2. The number of anilines is 2. The molecule has 0 saturated heterocycles. The summed E-state index contributed by atoms with van der Waals surface area (Å²) >= 11 is 3.29. The summed E-state index contributed by atoms with van der Waals surface area (Å²) in [6.07, 6.45) is 3.04. The topological polar surface area (TPSA) is 71.1 Å². The summed E-state index contributed by atoms with van der Waals surface area (Å²) in [4.78, 5) is 27.1. The lowest BCUT2D eigenvalue weighted by Crippen LogP contribution is -2.29. The van der Waals surface area contributed by atoms with Crippen molar-refractivity contribution >= 4 is 39.1 Å². The summed E-state index contributed by atoms with van der Waals surface area (Å²) in [7, 11) is 0. The van der Waals surface area contributed by atoms with Gasteiger partial charge in [-0.1, -0.05) is 15.9 Å². The van der Waals surface area contributed by atoms with Crippen LogP contribution in [0.4, 0.5) is 11.4 Å². The van der Waals surface area contributed by atoms with Crippen molar-refractivity contribution in [1.82, 2.24) is 4.98 Å². The largest absolute Gasteiger partial charge is 0.318 e. The highest BCUT2D eigenvalue weighted by atomic mass is 79.9. The second-order valence-corrected chi connectivity index (χ2v) is 4.57. The maximum absolute atomic E-state index is 11.6. The first-order valence-corrected chi connectivity index (χ1v) is 6.22. The number of amides is 2. The molecule has 0 aliphatic carbocycles. The summed E-state index contributed by atoms with van der Waals surface area (Å²) in [6, 6.07) is 10.3. The van der Waals surface area contributed by atoms with Crippen LogP contribution in [0.15, 0.2) is 53.3 Å². The molecule has 0 atom stereocenters. The van der Waals surface area contributed by atoms with E-state index in [2.05, 4.69) is 31.5 Å². The van der Waals surface area contributed by atoms with Gasteiger partial charge in [0.15, 0.2) is 0 Å². The van der Waals surface area contributed by atoms with E-state index >= 15 is 0 Å². The van der Waals surface area contributed by atoms with Crippen molar-refractivity contribution in [1.29, 1.82) is 0 Å². The highest BCUT2D eigenvalue weighted by Crippen LogP contribution is 2.14. The van der Waals surface area contributed by atoms with Gasteiger partial charge in [-0.05, 0) is 36.4 Å². The van der Waals surface area contributed by atoms with Crippen molar-refractivity contribution in [3.05, 3.63) is 53.3 Å². The Kier molecular flexibility index (Phi) is 4.25. The van der Waals surface area contributed by atoms with Gasteiger partial charge in [0.1, 0.15) is 0 Å². The van der Waals surface area contributed by atoms with Crippen LogP contribution in [0.25, 0.3) is 0 Å². The quantitative estimate of drug-likeness (QED) is 0.835. The molecule has 0 spiro atoms. The number of benzene rings is 1. The van der Waals surface area contributed by atoms with Crippen molar-refractivity contribution in [2.45, 2.75) is 0 Å². The summed E-state index contributed by atoms with van der Waals surface area (Å²) < 4.78 is 0.894. The van der Waals surface area contributed by atoms with Crippen molar-refractivity contribution < 1.29 is 9.59 Å². The summed E-state index contributed by atoms with van der Waals surface area (Å²) in [6.45, 7) is 0. The maximum atomic E-state index is 11.6. The van der Waals surface area contributed by atoms with Crippen LogP contribution >= 0.6 is 15.9 Å². The fraction of sp³-hybridized carbons (Fsp3) is 0. The molecule has 6 heteroatoms. The molecule has 1 aromatic heterocycles. The monoisotopic (exact) mass is 319 g/mol. The minimum Gasteiger partial charge on any atom is -0.318 e. The molecule has 0 saturated carbocycles. The highest BCUT2D eigenvalue weighted by Gasteiger charge is 2.13. The predicted molar refractivity (Wildman–Crippen MR) is 75.6 cm³/mol. The molecular weight excluding hydrogens is 310 g/mol. The van der Waals surface area contributed by atoms with Crippen LogP contribution in [-0.4, -0.2) is 16.8 Å². The summed E-state index contributed by atoms with van der Waals surface area (Å²) in [5.41, 5.74) is 1.02. The molecule has 0 fully saturated rings. The third-order valence-electron chi connectivity index (χ3n) is 2.23. The van der Waals surface area contributed by atoms with E-state index in [1.807, 2.05) is 0 Å². The van der Waals surface area contributed by atoms with Gasteiger partial charge in [0.2, 0.25) is 0 Å². The standard InChI is InChI=1S/C13H10BrN3O2/c14-9-3-5-10(6-4-9)16-12(18)13(19)17-11-2-1-7-15-8-11/h1-8H,(H,16,18)(H,17,19). The van der Waals surface area contributed by atoms with Gasteiger partial charge in [0, 0.05) is 16.4 Å². The molecule has 1 heterocycles. The van der Waals surface area contributed by atoms with Crippen molar-refractivity contribution in [2.75, 3.05) is 10.6 Å². The van der Waals surface area contributed by atoms with Crippen molar-refractivity contribution in [2.24, 2.45) is 0 Å². The molecule has 96 valence electrons. The Morgan fingerprint density at radius 2 is 1.58 bits per heavy atom. The zero-order valence-corrected chi connectivity index (χ0v) is 11.3. The van der Waals surface area contributed by atoms with E-state index < -0.39 is 11.8 Å². The molecule has 0 aliphatic rings. The molecule has 2 N–H and O–H groups in total. The van der Waals surface area contributed by atoms with Crippen LogP contribution in [0, 0.1) is 0 Å². The summed E-state index contributed by atoms with van der Waals surface area (Å²) in [5.74, 6) is -1.47. The number of nitrogens with one attached hydrogen (secondary N) is 2. The van der Waals surface area contributed by atoms with E-state index in [1.54, 1.807) is 42.6 Å². The van der Waals surface area contributed by atoms with Crippen LogP contribution in [0.2, 0.25) is 0 Å². The first-order valence-electron chi connectivity index (χ1n) is 5.43. The Morgan fingerprint density at radius 1 is 0.947 bits per heavy atom. The zero-order chi connectivity index (χ0) is 13.7. The lowest BCUT2D eigenvalue weighted by atomic mass is 10.3. The van der Waals surface area contributed by atoms with Crippen LogP contribution in [0.5, 0.6) is 0 Å². The maximum Gasteiger partial charge on any atom is 0.314 e. The number of carbonyl (C=O) groups is 2. The molecule has 5 nitrogen and oxygen atoms in total. The molecule has 2 rings (SSSR count). The average Bonchev–Trinajstić information content (AvgIpc) is 2.42. The number of hydrogen-bond acceptors (Lipinski definition) is 3. The van der Waals surface area contributed by atoms with Crippen LogP contribution in [-0.2, 0) is 9.59 Å². The third kappa shape index (κ3) is 3.89. The Labute approximate surface area is 118 Å². The zero-order valence-electron chi connectivity index (χ0n) is 9.76. The second kappa shape index (κ2) is 6.10. The minimum atomic E-state index is -0.740. The van der Waals surface area contributed by atoms with Gasteiger partial charge in [-0.3, -0.25) is 14.6 Å². The number of nitrogens with zero attached hydrogens (tertiary/aromatic N) is 1. The predicted octanol–water partition coefficient (Wildman–Crippen LogP) is 2.42. The molecule has 2 aromatic rings. The van der Waals surface area contributed by atoms with Gasteiger partial charge in [-0.2, -0.15) is 0 Å². The molecule has 2 amide bonds. The molecular formula is C13H10BrN3O2. The molecule has 0 radical (unpaired) electrons. The van der Waals surface area contributed by atoms with E-state index in [-0.39, 0.29) is 0 Å². The van der Waals surface area contributed by atoms with E-state index in [0.29, 0.717) is 11.4 Å². The van der Waals surface area contributed by atoms with E-state index in [0.717, 1.165) is 4.47 Å². The summed E-state index contributed by atoms with van der Waals surface area (Å²) in [5, 5.41) is 4.95. The SMILES string of the molecule is O=C(Nc1ccc(Br)cc1)C(=O)Nc1cccnc1. The number of rotatable bonds is 2. The van der Waals surface area contributed by atoms with Gasteiger partial charge in [-0.25, -0.2) is 0 Å². The van der Waals surface area contributed by atoms with Crippen molar-refractivity contribution in [3.63, 3.8) is 0 Å².